The molecule has 0 aliphatic heterocycles. The molecule has 1 aliphatic carbocycles. The average Bonchev–Trinajstić information content (AvgIpc) is 2.03. The van der Waals surface area contributed by atoms with Crippen LogP contribution >= 0.6 is 0 Å². The summed E-state index contributed by atoms with van der Waals surface area (Å²) in [6.07, 6.45) is 2.58. The van der Waals surface area contributed by atoms with E-state index in [1.165, 1.54) is 6.92 Å². The predicted molar refractivity (Wildman–Crippen MR) is 46.8 cm³/mol. The number of allylic oxidation sites excluding steroid dienone is 2. The molecule has 0 aromatic rings. The molecule has 1 amide bonds. The molecule has 0 spiro atoms. The smallest absolute Gasteiger partial charge is 0.248 e. The normalized spacial score (nSPS) is 16.8. The fourth-order valence-electron chi connectivity index (χ4n) is 1.29. The Labute approximate surface area is 75.7 Å². The SMILES string of the molecule is CC(=O)C1=CCCC(C(N)=O)=C1O. The summed E-state index contributed by atoms with van der Waals surface area (Å²) in [5.41, 5.74) is 5.37. The quantitative estimate of drug-likeness (QED) is 0.654. The number of hydrogen-bond acceptors (Lipinski definition) is 3. The number of primary amides is 1. The van der Waals surface area contributed by atoms with Gasteiger partial charge in [0.1, 0.15) is 5.76 Å². The average molecular weight is 181 g/mol. The van der Waals surface area contributed by atoms with Crippen LogP contribution in [0.4, 0.5) is 0 Å². The molecule has 0 aromatic carbocycles. The molecule has 70 valence electrons. The van der Waals surface area contributed by atoms with Crippen molar-refractivity contribution < 1.29 is 14.7 Å². The molecule has 0 fully saturated rings. The van der Waals surface area contributed by atoms with E-state index in [1.807, 2.05) is 0 Å². The summed E-state index contributed by atoms with van der Waals surface area (Å²) in [5, 5.41) is 9.46. The van der Waals surface area contributed by atoms with Crippen molar-refractivity contribution in [3.8, 4) is 0 Å². The fourth-order valence-corrected chi connectivity index (χ4v) is 1.29. The number of nitrogens with two attached hydrogens (primary N) is 1. The van der Waals surface area contributed by atoms with Gasteiger partial charge in [-0.1, -0.05) is 6.08 Å². The molecule has 0 saturated carbocycles. The van der Waals surface area contributed by atoms with Crippen molar-refractivity contribution in [1.82, 2.24) is 0 Å². The Bertz CT molecular complexity index is 326. The molecule has 0 heterocycles. The Morgan fingerprint density at radius 1 is 1.54 bits per heavy atom. The number of carbonyl (C=O) groups is 2. The van der Waals surface area contributed by atoms with Crippen LogP contribution in [0.1, 0.15) is 19.8 Å². The van der Waals surface area contributed by atoms with Gasteiger partial charge in [-0.25, -0.2) is 0 Å². The molecule has 4 nitrogen and oxygen atoms in total. The lowest BCUT2D eigenvalue weighted by Gasteiger charge is -2.13. The van der Waals surface area contributed by atoms with E-state index in [2.05, 4.69) is 0 Å². The third kappa shape index (κ3) is 1.77. The highest BCUT2D eigenvalue weighted by Gasteiger charge is 2.21. The van der Waals surface area contributed by atoms with Crippen molar-refractivity contribution in [3.63, 3.8) is 0 Å². The molecule has 0 radical (unpaired) electrons. The van der Waals surface area contributed by atoms with E-state index in [1.54, 1.807) is 6.08 Å². The Morgan fingerprint density at radius 3 is 2.62 bits per heavy atom. The molecule has 13 heavy (non-hydrogen) atoms. The van der Waals surface area contributed by atoms with Crippen molar-refractivity contribution in [3.05, 3.63) is 23.0 Å². The lowest BCUT2D eigenvalue weighted by Crippen LogP contribution is -2.19. The minimum Gasteiger partial charge on any atom is -0.507 e. The van der Waals surface area contributed by atoms with Crippen molar-refractivity contribution in [1.29, 1.82) is 0 Å². The van der Waals surface area contributed by atoms with E-state index in [0.29, 0.717) is 12.8 Å². The minimum atomic E-state index is -0.663. The number of Topliss-reactive ketones (excluding diaryl/α,β-unsaturated/α-hetero) is 1. The van der Waals surface area contributed by atoms with Gasteiger partial charge in [0.2, 0.25) is 5.91 Å². The van der Waals surface area contributed by atoms with Gasteiger partial charge in [-0.3, -0.25) is 9.59 Å². The van der Waals surface area contributed by atoms with E-state index in [-0.39, 0.29) is 22.7 Å². The molecule has 1 rings (SSSR count). The highest BCUT2D eigenvalue weighted by Crippen LogP contribution is 2.23. The molecule has 1 aliphatic rings. The van der Waals surface area contributed by atoms with Crippen LogP contribution in [0.15, 0.2) is 23.0 Å². The molecular formula is C9H11NO3. The number of aliphatic hydroxyl groups is 1. The van der Waals surface area contributed by atoms with Gasteiger partial charge >= 0.3 is 0 Å². The van der Waals surface area contributed by atoms with Crippen LogP contribution in [0.2, 0.25) is 0 Å². The number of aliphatic hydroxyl groups excluding tert-OH is 1. The third-order valence-electron chi connectivity index (χ3n) is 1.96. The van der Waals surface area contributed by atoms with Crippen LogP contribution in [0.5, 0.6) is 0 Å². The van der Waals surface area contributed by atoms with Crippen LogP contribution in [-0.2, 0) is 9.59 Å². The zero-order valence-electron chi connectivity index (χ0n) is 7.33. The van der Waals surface area contributed by atoms with Gasteiger partial charge in [0.05, 0.1) is 11.1 Å². The summed E-state index contributed by atoms with van der Waals surface area (Å²) in [5.74, 6) is -1.17. The predicted octanol–water partition coefficient (Wildman–Crippen LogP) is 0.593. The van der Waals surface area contributed by atoms with E-state index >= 15 is 0 Å². The zero-order valence-corrected chi connectivity index (χ0v) is 7.33. The van der Waals surface area contributed by atoms with Gasteiger partial charge in [0.25, 0.3) is 0 Å². The standard InChI is InChI=1S/C9H11NO3/c1-5(11)6-3-2-4-7(8(6)12)9(10)13/h3,12H,2,4H2,1H3,(H2,10,13). The number of ketones is 1. The lowest BCUT2D eigenvalue weighted by molar-refractivity contribution is -0.114. The van der Waals surface area contributed by atoms with Crippen LogP contribution in [0, 0.1) is 0 Å². The van der Waals surface area contributed by atoms with E-state index < -0.39 is 5.91 Å². The van der Waals surface area contributed by atoms with E-state index in [9.17, 15) is 14.7 Å². The number of carbonyl (C=O) groups excluding carboxylic acids is 2. The molecule has 0 bridgehead atoms. The van der Waals surface area contributed by atoms with E-state index in [4.69, 9.17) is 5.73 Å². The summed E-state index contributed by atoms with van der Waals surface area (Å²) in [6.45, 7) is 1.34. The molecule has 0 saturated heterocycles. The van der Waals surface area contributed by atoms with Crippen molar-refractivity contribution in [2.24, 2.45) is 5.73 Å². The maximum absolute atomic E-state index is 11.0. The summed E-state index contributed by atoms with van der Waals surface area (Å²) in [4.78, 5) is 21.8. The summed E-state index contributed by atoms with van der Waals surface area (Å²) >= 11 is 0. The molecule has 4 heteroatoms. The minimum absolute atomic E-state index is 0.146. The van der Waals surface area contributed by atoms with Gasteiger partial charge in [0.15, 0.2) is 5.78 Å². The number of amides is 1. The van der Waals surface area contributed by atoms with Crippen molar-refractivity contribution in [2.75, 3.05) is 0 Å². The Balaban J connectivity index is 3.10. The summed E-state index contributed by atoms with van der Waals surface area (Å²) in [7, 11) is 0. The van der Waals surface area contributed by atoms with Crippen LogP contribution in [0.3, 0.4) is 0 Å². The first-order valence-electron chi connectivity index (χ1n) is 3.97. The number of hydrogen-bond donors (Lipinski definition) is 2. The van der Waals surface area contributed by atoms with Gasteiger partial charge in [-0.15, -0.1) is 0 Å². The second-order valence-corrected chi connectivity index (χ2v) is 2.90. The topological polar surface area (TPSA) is 80.4 Å². The maximum atomic E-state index is 11.0. The fraction of sp³-hybridized carbons (Fsp3) is 0.333. The van der Waals surface area contributed by atoms with Crippen LogP contribution in [0.25, 0.3) is 0 Å². The van der Waals surface area contributed by atoms with E-state index in [0.717, 1.165) is 0 Å². The van der Waals surface area contributed by atoms with Crippen molar-refractivity contribution in [2.45, 2.75) is 19.8 Å². The Hall–Kier alpha value is -1.58. The summed E-state index contributed by atoms with van der Waals surface area (Å²) in [6, 6.07) is 0. The largest absolute Gasteiger partial charge is 0.507 e. The van der Waals surface area contributed by atoms with Gasteiger partial charge in [0, 0.05) is 0 Å². The third-order valence-corrected chi connectivity index (χ3v) is 1.96. The first kappa shape index (κ1) is 9.51. The first-order valence-corrected chi connectivity index (χ1v) is 3.97. The van der Waals surface area contributed by atoms with Crippen molar-refractivity contribution >= 4 is 11.7 Å². The second kappa shape index (κ2) is 3.43. The second-order valence-electron chi connectivity index (χ2n) is 2.90. The Morgan fingerprint density at radius 2 is 2.15 bits per heavy atom. The molecule has 3 N–H and O–H groups in total. The zero-order chi connectivity index (χ0) is 10.0. The molecule has 0 aromatic heterocycles. The van der Waals surface area contributed by atoms with Crippen LogP contribution in [-0.4, -0.2) is 16.8 Å². The van der Waals surface area contributed by atoms with Gasteiger partial charge < -0.3 is 10.8 Å². The van der Waals surface area contributed by atoms with Gasteiger partial charge in [-0.2, -0.15) is 0 Å². The number of rotatable bonds is 2. The molecular weight excluding hydrogens is 170 g/mol. The monoisotopic (exact) mass is 181 g/mol. The highest BCUT2D eigenvalue weighted by molar-refractivity contribution is 6.02. The lowest BCUT2D eigenvalue weighted by atomic mass is 9.95. The van der Waals surface area contributed by atoms with Crippen LogP contribution < -0.4 is 5.73 Å². The highest BCUT2D eigenvalue weighted by atomic mass is 16.3. The molecule has 0 atom stereocenters. The molecule has 0 unspecified atom stereocenters. The Kier molecular flexibility index (Phi) is 2.51. The first-order chi connectivity index (χ1) is 6.04. The van der Waals surface area contributed by atoms with Gasteiger partial charge in [-0.05, 0) is 19.8 Å². The maximum Gasteiger partial charge on any atom is 0.248 e. The summed E-state index contributed by atoms with van der Waals surface area (Å²) < 4.78 is 0.